The van der Waals surface area contributed by atoms with Gasteiger partial charge in [0.25, 0.3) is 5.91 Å². The van der Waals surface area contributed by atoms with E-state index in [2.05, 4.69) is 10.5 Å². The van der Waals surface area contributed by atoms with Gasteiger partial charge < -0.3 is 19.1 Å². The number of rotatable bonds is 6. The fourth-order valence-corrected chi connectivity index (χ4v) is 2.06. The van der Waals surface area contributed by atoms with Crippen LogP contribution in [0.2, 0.25) is 0 Å². The number of methoxy groups -OCH3 is 2. The Balaban J connectivity index is 2.23. The van der Waals surface area contributed by atoms with Crippen LogP contribution in [0.15, 0.2) is 28.8 Å². The lowest BCUT2D eigenvalue weighted by Crippen LogP contribution is -2.14. The van der Waals surface area contributed by atoms with Gasteiger partial charge in [-0.1, -0.05) is 18.1 Å². The highest BCUT2D eigenvalue weighted by atomic mass is 16.5. The van der Waals surface area contributed by atoms with Crippen LogP contribution in [0.5, 0.6) is 11.5 Å². The first-order chi connectivity index (χ1) is 11.0. The topological polar surface area (TPSA) is 93.8 Å². The first kappa shape index (κ1) is 16.8. The quantitative estimate of drug-likeness (QED) is 0.849. The zero-order valence-corrected chi connectivity index (χ0v) is 13.5. The number of benzene rings is 1. The lowest BCUT2D eigenvalue weighted by molar-refractivity contribution is 0.101. The molecule has 0 bridgehead atoms. The summed E-state index contributed by atoms with van der Waals surface area (Å²) in [6.07, 6.45) is -0.571. The number of aliphatic hydroxyl groups is 1. The van der Waals surface area contributed by atoms with Gasteiger partial charge in [0, 0.05) is 12.0 Å². The van der Waals surface area contributed by atoms with Crippen LogP contribution in [-0.2, 0) is 0 Å². The molecule has 2 rings (SSSR count). The van der Waals surface area contributed by atoms with E-state index in [1.807, 2.05) is 6.92 Å². The molecule has 0 saturated carbocycles. The molecule has 1 aromatic carbocycles. The van der Waals surface area contributed by atoms with Crippen molar-refractivity contribution < 1.29 is 23.9 Å². The highest BCUT2D eigenvalue weighted by molar-refractivity contribution is 6.07. The molecule has 2 unspecified atom stereocenters. The smallest absolute Gasteiger partial charge is 0.265 e. The van der Waals surface area contributed by atoms with Gasteiger partial charge in [0.1, 0.15) is 17.1 Å². The van der Waals surface area contributed by atoms with Crippen LogP contribution in [0.25, 0.3) is 0 Å². The van der Waals surface area contributed by atoms with E-state index in [4.69, 9.17) is 14.0 Å². The molecule has 7 nitrogen and oxygen atoms in total. The van der Waals surface area contributed by atoms with E-state index >= 15 is 0 Å². The lowest BCUT2D eigenvalue weighted by atomic mass is 10.0. The number of hydrogen-bond acceptors (Lipinski definition) is 6. The van der Waals surface area contributed by atoms with Gasteiger partial charge in [0.05, 0.1) is 26.0 Å². The van der Waals surface area contributed by atoms with E-state index in [0.29, 0.717) is 17.2 Å². The number of anilines is 1. The van der Waals surface area contributed by atoms with Crippen LogP contribution < -0.4 is 14.8 Å². The van der Waals surface area contributed by atoms with Gasteiger partial charge >= 0.3 is 0 Å². The average molecular weight is 320 g/mol. The number of amides is 1. The molecule has 2 atom stereocenters. The number of ether oxygens (including phenoxy) is 2. The molecular formula is C16H20N2O5. The summed E-state index contributed by atoms with van der Waals surface area (Å²) >= 11 is 0. The third-order valence-corrected chi connectivity index (χ3v) is 3.61. The summed E-state index contributed by atoms with van der Waals surface area (Å²) in [5, 5.41) is 16.0. The molecule has 0 spiro atoms. The van der Waals surface area contributed by atoms with Crippen molar-refractivity contribution in [1.29, 1.82) is 0 Å². The number of carbonyl (C=O) groups excluding carboxylic acids is 1. The van der Waals surface area contributed by atoms with Crippen LogP contribution in [0.4, 0.5) is 5.88 Å². The molecule has 0 radical (unpaired) electrons. The number of carbonyl (C=O) groups is 1. The minimum atomic E-state index is -0.571. The predicted octanol–water partition coefficient (Wildman–Crippen LogP) is 2.43. The molecule has 1 heterocycles. The lowest BCUT2D eigenvalue weighted by Gasteiger charge is -2.11. The summed E-state index contributed by atoms with van der Waals surface area (Å²) < 4.78 is 15.5. The third-order valence-electron chi connectivity index (χ3n) is 3.61. The molecule has 0 fully saturated rings. The van der Waals surface area contributed by atoms with E-state index < -0.39 is 12.0 Å². The van der Waals surface area contributed by atoms with Crippen molar-refractivity contribution in [2.24, 2.45) is 0 Å². The van der Waals surface area contributed by atoms with E-state index in [1.165, 1.54) is 14.2 Å². The van der Waals surface area contributed by atoms with Gasteiger partial charge in [-0.3, -0.25) is 10.1 Å². The van der Waals surface area contributed by atoms with Gasteiger partial charge in [0.15, 0.2) is 0 Å². The zero-order valence-electron chi connectivity index (χ0n) is 13.5. The van der Waals surface area contributed by atoms with E-state index in [0.717, 1.165) is 0 Å². The zero-order chi connectivity index (χ0) is 17.0. The van der Waals surface area contributed by atoms with Gasteiger partial charge in [0.2, 0.25) is 5.88 Å². The second-order valence-corrected chi connectivity index (χ2v) is 5.14. The van der Waals surface area contributed by atoms with E-state index in [1.54, 1.807) is 31.2 Å². The van der Waals surface area contributed by atoms with Crippen molar-refractivity contribution in [3.8, 4) is 11.5 Å². The summed E-state index contributed by atoms with van der Waals surface area (Å²) in [7, 11) is 2.95. The molecule has 0 aliphatic rings. The second-order valence-electron chi connectivity index (χ2n) is 5.14. The number of aromatic nitrogens is 1. The SMILES string of the molecule is COc1cccc(OC)c1C(=O)Nc1cc(C(C)C(C)O)no1. The Kier molecular flexibility index (Phi) is 5.23. The number of aliphatic hydroxyl groups excluding tert-OH is 1. The molecule has 23 heavy (non-hydrogen) atoms. The Hall–Kier alpha value is -2.54. The predicted molar refractivity (Wildman–Crippen MR) is 84.1 cm³/mol. The van der Waals surface area contributed by atoms with Crippen LogP contribution in [0.1, 0.15) is 35.8 Å². The summed E-state index contributed by atoms with van der Waals surface area (Å²) in [5.74, 6) is 0.320. The second kappa shape index (κ2) is 7.15. The molecular weight excluding hydrogens is 300 g/mol. The van der Waals surface area contributed by atoms with Crippen molar-refractivity contribution in [3.63, 3.8) is 0 Å². The third kappa shape index (κ3) is 3.62. The fourth-order valence-electron chi connectivity index (χ4n) is 2.06. The Bertz CT molecular complexity index is 659. The highest BCUT2D eigenvalue weighted by Crippen LogP contribution is 2.29. The van der Waals surface area contributed by atoms with Gasteiger partial charge in [-0.15, -0.1) is 0 Å². The van der Waals surface area contributed by atoms with E-state index in [-0.39, 0.29) is 17.4 Å². The Morgan fingerprint density at radius 1 is 1.26 bits per heavy atom. The number of hydrogen-bond donors (Lipinski definition) is 2. The summed E-state index contributed by atoms with van der Waals surface area (Å²) in [6.45, 7) is 3.48. The maximum absolute atomic E-state index is 12.5. The monoisotopic (exact) mass is 320 g/mol. The van der Waals surface area contributed by atoms with Crippen molar-refractivity contribution in [2.75, 3.05) is 19.5 Å². The van der Waals surface area contributed by atoms with Crippen molar-refractivity contribution in [3.05, 3.63) is 35.5 Å². The number of nitrogens with one attached hydrogen (secondary N) is 1. The normalized spacial score (nSPS) is 13.3. The molecule has 1 aromatic heterocycles. The Morgan fingerprint density at radius 2 is 1.87 bits per heavy atom. The van der Waals surface area contributed by atoms with Crippen molar-refractivity contribution >= 4 is 11.8 Å². The summed E-state index contributed by atoms with van der Waals surface area (Å²) in [6, 6.07) is 6.64. The molecule has 2 aromatic rings. The standard InChI is InChI=1S/C16H20N2O5/c1-9(10(2)19)11-8-14(23-18-11)17-16(20)15-12(21-3)6-5-7-13(15)22-4/h5-10,19H,1-4H3,(H,17,20). The van der Waals surface area contributed by atoms with E-state index in [9.17, 15) is 9.90 Å². The summed E-state index contributed by atoms with van der Waals surface area (Å²) in [5.41, 5.74) is 0.821. The Labute approximate surface area is 134 Å². The minimum Gasteiger partial charge on any atom is -0.496 e. The maximum atomic E-state index is 12.5. The first-order valence-corrected chi connectivity index (χ1v) is 7.15. The van der Waals surface area contributed by atoms with Crippen LogP contribution >= 0.6 is 0 Å². The molecule has 124 valence electrons. The van der Waals surface area contributed by atoms with Gasteiger partial charge in [-0.05, 0) is 19.1 Å². The molecule has 2 N–H and O–H groups in total. The number of nitrogens with zero attached hydrogens (tertiary/aromatic N) is 1. The molecule has 0 saturated heterocycles. The average Bonchev–Trinajstić information content (AvgIpc) is 3.01. The fraction of sp³-hybridized carbons (Fsp3) is 0.375. The Morgan fingerprint density at radius 3 is 2.39 bits per heavy atom. The van der Waals surface area contributed by atoms with Crippen LogP contribution in [0, 0.1) is 0 Å². The molecule has 7 heteroatoms. The van der Waals surface area contributed by atoms with Gasteiger partial charge in [-0.25, -0.2) is 0 Å². The van der Waals surface area contributed by atoms with Crippen LogP contribution in [-0.4, -0.2) is 36.5 Å². The maximum Gasteiger partial charge on any atom is 0.265 e. The summed E-state index contributed by atoms with van der Waals surface area (Å²) in [4.78, 5) is 12.5. The largest absolute Gasteiger partial charge is 0.496 e. The van der Waals surface area contributed by atoms with Gasteiger partial charge in [-0.2, -0.15) is 0 Å². The van der Waals surface area contributed by atoms with Crippen LogP contribution in [0.3, 0.4) is 0 Å². The minimum absolute atomic E-state index is 0.186. The molecule has 0 aliphatic carbocycles. The molecule has 0 aliphatic heterocycles. The highest BCUT2D eigenvalue weighted by Gasteiger charge is 2.21. The first-order valence-electron chi connectivity index (χ1n) is 7.15. The van der Waals surface area contributed by atoms with Crippen molar-refractivity contribution in [1.82, 2.24) is 5.16 Å². The van der Waals surface area contributed by atoms with Crippen molar-refractivity contribution in [2.45, 2.75) is 25.9 Å². The molecule has 1 amide bonds.